The molecule has 2 aromatic heterocycles. The van der Waals surface area contributed by atoms with Crippen molar-refractivity contribution in [2.24, 2.45) is 0 Å². The van der Waals surface area contributed by atoms with Gasteiger partial charge in [-0.15, -0.1) is 0 Å². The van der Waals surface area contributed by atoms with Crippen LogP contribution in [0.1, 0.15) is 29.9 Å². The van der Waals surface area contributed by atoms with Crippen LogP contribution in [0.5, 0.6) is 0 Å². The van der Waals surface area contributed by atoms with E-state index in [0.717, 1.165) is 49.1 Å². The van der Waals surface area contributed by atoms with E-state index in [0.29, 0.717) is 11.6 Å². The third kappa shape index (κ3) is 3.74. The Hall–Kier alpha value is -2.77. The van der Waals surface area contributed by atoms with Gasteiger partial charge in [-0.1, -0.05) is 0 Å². The zero-order chi connectivity index (χ0) is 18.8. The van der Waals surface area contributed by atoms with Gasteiger partial charge < -0.3 is 9.80 Å². The number of nitro groups is 1. The minimum Gasteiger partial charge on any atom is -0.357 e. The van der Waals surface area contributed by atoms with Crippen molar-refractivity contribution in [2.75, 3.05) is 29.9 Å². The topological polar surface area (TPSA) is 88.3 Å². The van der Waals surface area contributed by atoms with E-state index >= 15 is 0 Å². The minimum absolute atomic E-state index is 0.0615. The fraction of sp³-hybridized carbons (Fsp3) is 0.500. The second kappa shape index (κ2) is 7.23. The van der Waals surface area contributed by atoms with Gasteiger partial charge in [-0.3, -0.25) is 10.1 Å². The fourth-order valence-electron chi connectivity index (χ4n) is 3.45. The molecule has 0 unspecified atom stereocenters. The first-order valence-electron chi connectivity index (χ1n) is 8.76. The Morgan fingerprint density at radius 2 is 1.88 bits per heavy atom. The van der Waals surface area contributed by atoms with Gasteiger partial charge in [0.05, 0.1) is 4.92 Å². The van der Waals surface area contributed by atoms with E-state index in [1.54, 1.807) is 13.0 Å². The Bertz CT molecular complexity index is 797. The molecule has 1 fully saturated rings. The highest BCUT2D eigenvalue weighted by Crippen LogP contribution is 2.26. The number of anilines is 2. The third-order valence-corrected chi connectivity index (χ3v) is 4.92. The van der Waals surface area contributed by atoms with Crippen LogP contribution in [0, 0.1) is 30.9 Å². The van der Waals surface area contributed by atoms with Crippen LogP contribution in [-0.2, 0) is 0 Å². The van der Waals surface area contributed by atoms with E-state index in [1.165, 1.54) is 6.20 Å². The molecule has 0 N–H and O–H groups in total. The number of aromatic nitrogens is 3. The number of hydrogen-bond acceptors (Lipinski definition) is 7. The van der Waals surface area contributed by atoms with Crippen molar-refractivity contribution >= 4 is 17.3 Å². The van der Waals surface area contributed by atoms with E-state index in [-0.39, 0.29) is 5.69 Å². The summed E-state index contributed by atoms with van der Waals surface area (Å²) in [6, 6.07) is 4.17. The maximum atomic E-state index is 11.0. The molecule has 8 heteroatoms. The summed E-state index contributed by atoms with van der Waals surface area (Å²) in [5.41, 5.74) is 1.68. The standard InChI is InChI=1S/C18H24N6O2/c1-12-9-17(19-11-16(12)24(25)26)22(4)15-5-7-23(8-6-15)18-10-13(2)20-14(3)21-18/h9-11,15H,5-8H2,1-4H3. The largest absolute Gasteiger partial charge is 0.357 e. The Morgan fingerprint density at radius 3 is 2.46 bits per heavy atom. The molecule has 26 heavy (non-hydrogen) atoms. The first-order chi connectivity index (χ1) is 12.3. The first-order valence-corrected chi connectivity index (χ1v) is 8.76. The molecule has 0 bridgehead atoms. The minimum atomic E-state index is -0.393. The van der Waals surface area contributed by atoms with Crippen molar-refractivity contribution in [3.63, 3.8) is 0 Å². The highest BCUT2D eigenvalue weighted by atomic mass is 16.6. The summed E-state index contributed by atoms with van der Waals surface area (Å²) in [5.74, 6) is 2.56. The van der Waals surface area contributed by atoms with Gasteiger partial charge in [0.25, 0.3) is 5.69 Å². The Morgan fingerprint density at radius 1 is 1.19 bits per heavy atom. The smallest absolute Gasteiger partial charge is 0.290 e. The quantitative estimate of drug-likeness (QED) is 0.615. The van der Waals surface area contributed by atoms with Gasteiger partial charge >= 0.3 is 0 Å². The van der Waals surface area contributed by atoms with Crippen LogP contribution in [0.2, 0.25) is 0 Å². The lowest BCUT2D eigenvalue weighted by Gasteiger charge is -2.38. The molecule has 3 heterocycles. The molecule has 0 radical (unpaired) electrons. The lowest BCUT2D eigenvalue weighted by atomic mass is 10.0. The molecule has 0 amide bonds. The molecule has 138 valence electrons. The molecule has 0 atom stereocenters. The van der Waals surface area contributed by atoms with Crippen molar-refractivity contribution in [1.29, 1.82) is 0 Å². The van der Waals surface area contributed by atoms with Gasteiger partial charge in [-0.2, -0.15) is 0 Å². The second-order valence-electron chi connectivity index (χ2n) is 6.83. The molecule has 1 aliphatic rings. The molecular weight excluding hydrogens is 332 g/mol. The van der Waals surface area contributed by atoms with Crippen molar-refractivity contribution < 1.29 is 4.92 Å². The zero-order valence-corrected chi connectivity index (χ0v) is 15.6. The lowest BCUT2D eigenvalue weighted by molar-refractivity contribution is -0.385. The Kier molecular flexibility index (Phi) is 5.01. The number of piperidine rings is 1. The highest BCUT2D eigenvalue weighted by molar-refractivity contribution is 5.49. The van der Waals surface area contributed by atoms with Crippen LogP contribution in [0.3, 0.4) is 0 Å². The highest BCUT2D eigenvalue weighted by Gasteiger charge is 2.25. The van der Waals surface area contributed by atoms with Crippen LogP contribution in [0.15, 0.2) is 18.3 Å². The second-order valence-corrected chi connectivity index (χ2v) is 6.83. The predicted octanol–water partition coefficient (Wildman–Crippen LogP) is 2.81. The maximum absolute atomic E-state index is 11.0. The summed E-state index contributed by atoms with van der Waals surface area (Å²) in [5, 5.41) is 11.0. The van der Waals surface area contributed by atoms with E-state index in [1.807, 2.05) is 27.0 Å². The van der Waals surface area contributed by atoms with Crippen molar-refractivity contribution in [2.45, 2.75) is 39.7 Å². The Labute approximate surface area is 153 Å². The molecule has 0 saturated carbocycles. The van der Waals surface area contributed by atoms with Gasteiger partial charge in [0.1, 0.15) is 23.7 Å². The molecule has 0 aliphatic carbocycles. The average Bonchev–Trinajstić information content (AvgIpc) is 2.60. The summed E-state index contributed by atoms with van der Waals surface area (Å²) in [7, 11) is 2.01. The average molecular weight is 356 g/mol. The maximum Gasteiger partial charge on any atom is 0.290 e. The van der Waals surface area contributed by atoms with Crippen molar-refractivity contribution in [3.8, 4) is 0 Å². The Balaban J connectivity index is 1.67. The molecule has 8 nitrogen and oxygen atoms in total. The van der Waals surface area contributed by atoms with Crippen LogP contribution < -0.4 is 9.80 Å². The van der Waals surface area contributed by atoms with E-state index in [4.69, 9.17) is 0 Å². The lowest BCUT2D eigenvalue weighted by Crippen LogP contribution is -2.44. The van der Waals surface area contributed by atoms with Gasteiger partial charge in [0.2, 0.25) is 0 Å². The van der Waals surface area contributed by atoms with Crippen LogP contribution in [-0.4, -0.2) is 46.1 Å². The molecular formula is C18H24N6O2. The monoisotopic (exact) mass is 356 g/mol. The predicted molar refractivity (Wildman–Crippen MR) is 101 cm³/mol. The molecule has 0 aromatic carbocycles. The molecule has 2 aromatic rings. The van der Waals surface area contributed by atoms with E-state index in [2.05, 4.69) is 24.8 Å². The number of rotatable bonds is 4. The number of nitrogens with zero attached hydrogens (tertiary/aromatic N) is 6. The number of hydrogen-bond donors (Lipinski definition) is 0. The zero-order valence-electron chi connectivity index (χ0n) is 15.6. The van der Waals surface area contributed by atoms with E-state index in [9.17, 15) is 10.1 Å². The normalized spacial score (nSPS) is 15.2. The van der Waals surface area contributed by atoms with Crippen LogP contribution in [0.4, 0.5) is 17.3 Å². The molecule has 0 spiro atoms. The summed E-state index contributed by atoms with van der Waals surface area (Å²) in [6.45, 7) is 7.48. The fourth-order valence-corrected chi connectivity index (χ4v) is 3.45. The number of aryl methyl sites for hydroxylation is 3. The van der Waals surface area contributed by atoms with Crippen LogP contribution in [0.25, 0.3) is 0 Å². The summed E-state index contributed by atoms with van der Waals surface area (Å²) >= 11 is 0. The third-order valence-electron chi connectivity index (χ3n) is 4.92. The molecule has 1 aliphatic heterocycles. The summed E-state index contributed by atoms with van der Waals surface area (Å²) < 4.78 is 0. The van der Waals surface area contributed by atoms with Crippen molar-refractivity contribution in [3.05, 3.63) is 45.5 Å². The molecule has 3 rings (SSSR count). The molecule has 1 saturated heterocycles. The van der Waals surface area contributed by atoms with Gasteiger partial charge in [0.15, 0.2) is 0 Å². The van der Waals surface area contributed by atoms with Crippen LogP contribution >= 0.6 is 0 Å². The summed E-state index contributed by atoms with van der Waals surface area (Å²) in [4.78, 5) is 28.2. The SMILES string of the molecule is Cc1cc(N2CCC(N(C)c3cc(C)c([N+](=O)[O-])cn3)CC2)nc(C)n1. The van der Waals surface area contributed by atoms with Gasteiger partial charge in [0, 0.05) is 43.5 Å². The number of pyridine rings is 1. The van der Waals surface area contributed by atoms with Gasteiger partial charge in [-0.25, -0.2) is 15.0 Å². The van der Waals surface area contributed by atoms with Crippen molar-refractivity contribution in [1.82, 2.24) is 15.0 Å². The summed E-state index contributed by atoms with van der Waals surface area (Å²) in [6.07, 6.45) is 3.31. The first kappa shape index (κ1) is 18.0. The van der Waals surface area contributed by atoms with E-state index < -0.39 is 4.92 Å². The van der Waals surface area contributed by atoms with Gasteiger partial charge in [-0.05, 0) is 39.7 Å².